The molecule has 0 radical (unpaired) electrons. The van der Waals surface area contributed by atoms with Gasteiger partial charge < -0.3 is 10.3 Å². The lowest BCUT2D eigenvalue weighted by Gasteiger charge is -2.16. The average Bonchev–Trinajstić information content (AvgIpc) is 2.97. The summed E-state index contributed by atoms with van der Waals surface area (Å²) in [5, 5.41) is 7.88. The van der Waals surface area contributed by atoms with Crippen LogP contribution in [-0.4, -0.2) is 31.7 Å². The van der Waals surface area contributed by atoms with Crippen LogP contribution >= 0.6 is 0 Å². The van der Waals surface area contributed by atoms with Crippen molar-refractivity contribution < 1.29 is 4.79 Å². The number of aromatic amines is 1. The summed E-state index contributed by atoms with van der Waals surface area (Å²) in [7, 11) is 0. The van der Waals surface area contributed by atoms with E-state index in [9.17, 15) is 9.59 Å². The Morgan fingerprint density at radius 1 is 1.14 bits per heavy atom. The fourth-order valence-electron chi connectivity index (χ4n) is 3.80. The van der Waals surface area contributed by atoms with Crippen molar-refractivity contribution in [1.29, 1.82) is 0 Å². The number of aromatic nitrogens is 4. The number of amides is 1. The topological polar surface area (TPSA) is 92.7 Å². The number of H-pyrrole nitrogens is 1. The van der Waals surface area contributed by atoms with Crippen molar-refractivity contribution in [2.75, 3.05) is 0 Å². The van der Waals surface area contributed by atoms with Gasteiger partial charge in [0.25, 0.3) is 5.56 Å². The maximum absolute atomic E-state index is 12.4. The molecular formula is C21H25N5O2. The third-order valence-corrected chi connectivity index (χ3v) is 5.30. The van der Waals surface area contributed by atoms with Gasteiger partial charge in [-0.05, 0) is 25.0 Å². The van der Waals surface area contributed by atoms with Crippen LogP contribution in [0.25, 0.3) is 16.7 Å². The molecule has 146 valence electrons. The van der Waals surface area contributed by atoms with Crippen LogP contribution in [-0.2, 0) is 11.2 Å². The van der Waals surface area contributed by atoms with Gasteiger partial charge >= 0.3 is 0 Å². The summed E-state index contributed by atoms with van der Waals surface area (Å²) in [5.74, 6) is 0.525. The molecule has 0 bridgehead atoms. The molecule has 1 aromatic carbocycles. The summed E-state index contributed by atoms with van der Waals surface area (Å²) in [6, 6.07) is 9.85. The predicted octanol–water partition coefficient (Wildman–Crippen LogP) is 2.88. The average molecular weight is 379 g/mol. The van der Waals surface area contributed by atoms with Crippen LogP contribution in [0.2, 0.25) is 0 Å². The fourth-order valence-corrected chi connectivity index (χ4v) is 3.80. The lowest BCUT2D eigenvalue weighted by atomic mass is 10.1. The maximum Gasteiger partial charge on any atom is 0.262 e. The minimum absolute atomic E-state index is 0.0196. The van der Waals surface area contributed by atoms with E-state index in [4.69, 9.17) is 0 Å². The monoisotopic (exact) mass is 379 g/mol. The van der Waals surface area contributed by atoms with Gasteiger partial charge in [-0.25, -0.2) is 9.67 Å². The normalized spacial score (nSPS) is 15.4. The summed E-state index contributed by atoms with van der Waals surface area (Å²) in [5.41, 5.74) is 1.12. The van der Waals surface area contributed by atoms with E-state index >= 15 is 0 Å². The third kappa shape index (κ3) is 4.13. The van der Waals surface area contributed by atoms with Crippen LogP contribution in [0.15, 0.2) is 41.3 Å². The van der Waals surface area contributed by atoms with Crippen LogP contribution in [0.5, 0.6) is 0 Å². The third-order valence-electron chi connectivity index (χ3n) is 5.30. The highest BCUT2D eigenvalue weighted by molar-refractivity contribution is 5.77. The number of rotatable bonds is 5. The van der Waals surface area contributed by atoms with Gasteiger partial charge in [0, 0.05) is 18.9 Å². The summed E-state index contributed by atoms with van der Waals surface area (Å²) in [4.78, 5) is 32.1. The van der Waals surface area contributed by atoms with Gasteiger partial charge in [0.2, 0.25) is 5.91 Å². The predicted molar refractivity (Wildman–Crippen MR) is 107 cm³/mol. The van der Waals surface area contributed by atoms with Crippen molar-refractivity contribution in [2.24, 2.45) is 0 Å². The first-order valence-electron chi connectivity index (χ1n) is 10.0. The minimum Gasteiger partial charge on any atom is -0.353 e. The van der Waals surface area contributed by atoms with Gasteiger partial charge in [-0.15, -0.1) is 0 Å². The molecule has 2 N–H and O–H groups in total. The highest BCUT2D eigenvalue weighted by atomic mass is 16.1. The van der Waals surface area contributed by atoms with Crippen molar-refractivity contribution in [1.82, 2.24) is 25.1 Å². The molecule has 0 atom stereocenters. The van der Waals surface area contributed by atoms with Crippen LogP contribution in [0.4, 0.5) is 0 Å². The SMILES string of the molecule is O=C(CCc1nc2c(cnn2-c2ccccc2)c(=O)[nH]1)NC1CCCCCC1. The first-order chi connectivity index (χ1) is 13.7. The number of aryl methyl sites for hydroxylation is 1. The van der Waals surface area contributed by atoms with Crippen LogP contribution in [0.3, 0.4) is 0 Å². The quantitative estimate of drug-likeness (QED) is 0.667. The Morgan fingerprint density at radius 3 is 2.64 bits per heavy atom. The minimum atomic E-state index is -0.230. The highest BCUT2D eigenvalue weighted by Gasteiger charge is 2.16. The van der Waals surface area contributed by atoms with E-state index in [1.54, 1.807) is 4.68 Å². The number of para-hydroxylation sites is 1. The fraction of sp³-hybridized carbons (Fsp3) is 0.429. The molecule has 2 heterocycles. The molecule has 0 saturated heterocycles. The van der Waals surface area contributed by atoms with E-state index in [1.165, 1.54) is 31.9 Å². The van der Waals surface area contributed by atoms with Crippen molar-refractivity contribution in [2.45, 2.75) is 57.4 Å². The zero-order chi connectivity index (χ0) is 19.3. The molecule has 4 rings (SSSR count). The van der Waals surface area contributed by atoms with Crippen molar-refractivity contribution in [3.8, 4) is 5.69 Å². The molecule has 1 fully saturated rings. The summed E-state index contributed by atoms with van der Waals surface area (Å²) in [6.07, 6.45) is 9.22. The molecule has 7 heteroatoms. The van der Waals surface area contributed by atoms with Crippen LogP contribution < -0.4 is 10.9 Å². The van der Waals surface area contributed by atoms with Gasteiger partial charge in [0.05, 0.1) is 11.9 Å². The molecule has 2 aromatic heterocycles. The second-order valence-corrected chi connectivity index (χ2v) is 7.40. The number of hydrogen-bond donors (Lipinski definition) is 2. The van der Waals surface area contributed by atoms with Gasteiger partial charge in [-0.3, -0.25) is 9.59 Å². The molecule has 1 aliphatic carbocycles. The Bertz CT molecular complexity index is 1000. The summed E-state index contributed by atoms with van der Waals surface area (Å²) < 4.78 is 1.65. The number of fused-ring (bicyclic) bond motifs is 1. The number of carbonyl (C=O) groups excluding carboxylic acids is 1. The van der Waals surface area contributed by atoms with Crippen LogP contribution in [0, 0.1) is 0 Å². The Balaban J connectivity index is 1.48. The Kier molecular flexibility index (Phi) is 5.50. The largest absolute Gasteiger partial charge is 0.353 e. The number of hydrogen-bond acceptors (Lipinski definition) is 4. The van der Waals surface area contributed by atoms with E-state index in [1.807, 2.05) is 30.3 Å². The standard InChI is InChI=1S/C21H25N5O2/c27-19(23-15-8-4-1-2-5-9-15)13-12-18-24-20-17(21(28)25-18)14-22-26(20)16-10-6-3-7-11-16/h3,6-7,10-11,14-15H,1-2,4-5,8-9,12-13H2,(H,23,27)(H,24,25,28). The molecule has 3 aromatic rings. The number of carbonyl (C=O) groups is 1. The Labute approximate surface area is 163 Å². The van der Waals surface area contributed by atoms with Crippen molar-refractivity contribution in [3.05, 3.63) is 52.7 Å². The van der Waals surface area contributed by atoms with E-state index < -0.39 is 0 Å². The zero-order valence-corrected chi connectivity index (χ0v) is 15.9. The molecule has 1 saturated carbocycles. The van der Waals surface area contributed by atoms with Crippen LogP contribution in [0.1, 0.15) is 50.8 Å². The first kappa shape index (κ1) is 18.4. The van der Waals surface area contributed by atoms with E-state index in [2.05, 4.69) is 20.4 Å². The lowest BCUT2D eigenvalue weighted by Crippen LogP contribution is -2.34. The number of benzene rings is 1. The highest BCUT2D eigenvalue weighted by Crippen LogP contribution is 2.17. The molecule has 0 unspecified atom stereocenters. The Hall–Kier alpha value is -2.96. The summed E-state index contributed by atoms with van der Waals surface area (Å²) in [6.45, 7) is 0. The van der Waals surface area contributed by atoms with Gasteiger partial charge in [-0.2, -0.15) is 5.10 Å². The van der Waals surface area contributed by atoms with Gasteiger partial charge in [0.15, 0.2) is 5.65 Å². The maximum atomic E-state index is 12.4. The second-order valence-electron chi connectivity index (χ2n) is 7.40. The summed E-state index contributed by atoms with van der Waals surface area (Å²) >= 11 is 0. The smallest absolute Gasteiger partial charge is 0.262 e. The number of nitrogens with zero attached hydrogens (tertiary/aromatic N) is 3. The molecule has 7 nitrogen and oxygen atoms in total. The lowest BCUT2D eigenvalue weighted by molar-refractivity contribution is -0.121. The first-order valence-corrected chi connectivity index (χ1v) is 10.0. The van der Waals surface area contributed by atoms with E-state index in [0.717, 1.165) is 18.5 Å². The van der Waals surface area contributed by atoms with Crippen molar-refractivity contribution >= 4 is 16.9 Å². The molecule has 1 aliphatic rings. The molecule has 1 amide bonds. The zero-order valence-electron chi connectivity index (χ0n) is 15.9. The second kappa shape index (κ2) is 8.37. The molecule has 28 heavy (non-hydrogen) atoms. The molecular weight excluding hydrogens is 354 g/mol. The van der Waals surface area contributed by atoms with E-state index in [0.29, 0.717) is 29.7 Å². The van der Waals surface area contributed by atoms with E-state index in [-0.39, 0.29) is 17.5 Å². The number of nitrogens with one attached hydrogen (secondary N) is 2. The Morgan fingerprint density at radius 2 is 1.89 bits per heavy atom. The van der Waals surface area contributed by atoms with Gasteiger partial charge in [-0.1, -0.05) is 43.9 Å². The van der Waals surface area contributed by atoms with Gasteiger partial charge in [0.1, 0.15) is 11.2 Å². The molecule has 0 spiro atoms. The van der Waals surface area contributed by atoms with Crippen molar-refractivity contribution in [3.63, 3.8) is 0 Å². The molecule has 0 aliphatic heterocycles.